The molecule has 1 heterocycles. The Morgan fingerprint density at radius 3 is 2.39 bits per heavy atom. The smallest absolute Gasteiger partial charge is 0.205 e. The number of carbonyl (C=O) groups is 1. The maximum absolute atomic E-state index is 13.7. The summed E-state index contributed by atoms with van der Waals surface area (Å²) in [4.78, 5) is 13.7. The summed E-state index contributed by atoms with van der Waals surface area (Å²) in [5, 5.41) is 0.783. The van der Waals surface area contributed by atoms with Gasteiger partial charge in [-0.1, -0.05) is 40.2 Å². The van der Waals surface area contributed by atoms with Gasteiger partial charge in [0.15, 0.2) is 0 Å². The molecule has 0 amide bonds. The van der Waals surface area contributed by atoms with Gasteiger partial charge < -0.3 is 0 Å². The average molecular weight is 393 g/mol. The summed E-state index contributed by atoms with van der Waals surface area (Å²) in [5.74, 6) is -1.97. The topological polar surface area (TPSA) is 17.1 Å². The van der Waals surface area contributed by atoms with E-state index in [1.165, 1.54) is 17.4 Å². The lowest BCUT2D eigenvalue weighted by molar-refractivity contribution is 0.103. The van der Waals surface area contributed by atoms with Crippen LogP contribution in [0.15, 0.2) is 54.6 Å². The van der Waals surface area contributed by atoms with Crippen LogP contribution in [0.2, 0.25) is 0 Å². The monoisotopic (exact) mass is 392 g/mol. The number of ketones is 1. The number of hydrogen-bond acceptors (Lipinski definition) is 2. The summed E-state index contributed by atoms with van der Waals surface area (Å²) in [6.07, 6.45) is 0. The Hall–Kier alpha value is -1.85. The van der Waals surface area contributed by atoms with Gasteiger partial charge >= 0.3 is 0 Å². The molecule has 0 atom stereocenters. The van der Waals surface area contributed by atoms with E-state index in [-0.39, 0.29) is 5.56 Å². The molecule has 0 bridgehead atoms. The van der Waals surface area contributed by atoms with Crippen molar-refractivity contribution in [3.63, 3.8) is 0 Å². The Kier molecular flexibility index (Phi) is 4.68. The van der Waals surface area contributed by atoms with Gasteiger partial charge in [-0.3, -0.25) is 4.79 Å². The Balaban J connectivity index is 1.90. The van der Waals surface area contributed by atoms with Crippen LogP contribution >= 0.6 is 27.3 Å². The molecule has 3 aromatic rings. The van der Waals surface area contributed by atoms with Gasteiger partial charge in [0.2, 0.25) is 5.78 Å². The molecule has 0 aliphatic heterocycles. The summed E-state index contributed by atoms with van der Waals surface area (Å²) < 4.78 is 26.7. The Morgan fingerprint density at radius 1 is 1.00 bits per heavy atom. The van der Waals surface area contributed by atoms with Crippen molar-refractivity contribution in [1.29, 1.82) is 0 Å². The largest absolute Gasteiger partial charge is 0.288 e. The molecule has 0 fully saturated rings. The first-order chi connectivity index (χ1) is 11.1. The fourth-order valence-electron chi connectivity index (χ4n) is 2.18. The number of thiophene rings is 1. The van der Waals surface area contributed by atoms with Crippen molar-refractivity contribution >= 4 is 33.0 Å². The SMILES string of the molecule is O=C(c1ccc(-c2ccc(CBr)cc2)s1)c1ccc(F)cc1F. The lowest BCUT2D eigenvalue weighted by Crippen LogP contribution is -2.02. The lowest BCUT2D eigenvalue weighted by Gasteiger charge is -2.01. The number of benzene rings is 2. The molecule has 0 spiro atoms. The molecule has 0 N–H and O–H groups in total. The summed E-state index contributed by atoms with van der Waals surface area (Å²) in [7, 11) is 0. The molecule has 0 aliphatic carbocycles. The maximum atomic E-state index is 13.7. The summed E-state index contributed by atoms with van der Waals surface area (Å²) in [5.41, 5.74) is 2.04. The highest BCUT2D eigenvalue weighted by molar-refractivity contribution is 9.08. The van der Waals surface area contributed by atoms with Gasteiger partial charge in [-0.25, -0.2) is 8.78 Å². The number of carbonyl (C=O) groups excluding carboxylic acids is 1. The molecule has 5 heteroatoms. The van der Waals surface area contributed by atoms with Crippen molar-refractivity contribution in [2.75, 3.05) is 0 Å². The van der Waals surface area contributed by atoms with E-state index in [2.05, 4.69) is 15.9 Å². The molecule has 0 saturated heterocycles. The highest BCUT2D eigenvalue weighted by Gasteiger charge is 2.17. The van der Waals surface area contributed by atoms with Gasteiger partial charge in [0.1, 0.15) is 11.6 Å². The zero-order chi connectivity index (χ0) is 16.4. The van der Waals surface area contributed by atoms with E-state index in [1.54, 1.807) is 6.07 Å². The van der Waals surface area contributed by atoms with Crippen LogP contribution in [0.25, 0.3) is 10.4 Å². The molecule has 1 aromatic heterocycles. The number of rotatable bonds is 4. The third-order valence-electron chi connectivity index (χ3n) is 3.40. The molecular formula is C18H11BrF2OS. The molecule has 0 unspecified atom stereocenters. The quantitative estimate of drug-likeness (QED) is 0.403. The minimum absolute atomic E-state index is 0.116. The molecule has 0 aliphatic rings. The Morgan fingerprint density at radius 2 is 1.74 bits per heavy atom. The zero-order valence-electron chi connectivity index (χ0n) is 11.9. The summed E-state index contributed by atoms with van der Waals surface area (Å²) >= 11 is 4.69. The summed E-state index contributed by atoms with van der Waals surface area (Å²) in [6, 6.07) is 14.5. The van der Waals surface area contributed by atoms with Crippen molar-refractivity contribution < 1.29 is 13.6 Å². The van der Waals surface area contributed by atoms with Crippen LogP contribution in [0.1, 0.15) is 20.8 Å². The first-order valence-corrected chi connectivity index (χ1v) is 8.77. The van der Waals surface area contributed by atoms with E-state index in [0.717, 1.165) is 33.5 Å². The van der Waals surface area contributed by atoms with E-state index < -0.39 is 17.4 Å². The molecule has 116 valence electrons. The average Bonchev–Trinajstić information content (AvgIpc) is 3.04. The highest BCUT2D eigenvalue weighted by atomic mass is 79.9. The number of halogens is 3. The van der Waals surface area contributed by atoms with Crippen molar-refractivity contribution in [3.05, 3.63) is 82.2 Å². The second kappa shape index (κ2) is 6.72. The third kappa shape index (κ3) is 3.41. The van der Waals surface area contributed by atoms with Crippen molar-refractivity contribution in [2.24, 2.45) is 0 Å². The van der Waals surface area contributed by atoms with Gasteiger partial charge in [-0.15, -0.1) is 11.3 Å². The lowest BCUT2D eigenvalue weighted by atomic mass is 10.1. The van der Waals surface area contributed by atoms with Gasteiger partial charge in [0.05, 0.1) is 10.4 Å². The first-order valence-electron chi connectivity index (χ1n) is 6.83. The van der Waals surface area contributed by atoms with Gasteiger partial charge in [0, 0.05) is 16.3 Å². The standard InChI is InChI=1S/C18H11BrF2OS/c19-10-11-1-3-12(4-2-11)16-7-8-17(23-16)18(22)14-6-5-13(20)9-15(14)21/h1-9H,10H2. The third-order valence-corrected chi connectivity index (χ3v) is 5.18. The molecular weight excluding hydrogens is 382 g/mol. The van der Waals surface area contributed by atoms with Gasteiger partial charge in [-0.2, -0.15) is 0 Å². The van der Waals surface area contributed by atoms with E-state index in [0.29, 0.717) is 4.88 Å². The summed E-state index contributed by atoms with van der Waals surface area (Å²) in [6.45, 7) is 0. The minimum atomic E-state index is -0.841. The molecule has 3 rings (SSSR count). The Labute approximate surface area is 144 Å². The second-order valence-corrected chi connectivity index (χ2v) is 6.59. The van der Waals surface area contributed by atoms with E-state index >= 15 is 0 Å². The van der Waals surface area contributed by atoms with Crippen LogP contribution in [-0.4, -0.2) is 5.78 Å². The maximum Gasteiger partial charge on any atom is 0.205 e. The van der Waals surface area contributed by atoms with Crippen LogP contribution in [0, 0.1) is 11.6 Å². The molecule has 0 radical (unpaired) electrons. The van der Waals surface area contributed by atoms with Crippen molar-refractivity contribution in [3.8, 4) is 10.4 Å². The molecule has 0 saturated carbocycles. The second-order valence-electron chi connectivity index (χ2n) is 4.95. The predicted octanol–water partition coefficient (Wildman–Crippen LogP) is 5.82. The van der Waals surface area contributed by atoms with Gasteiger partial charge in [-0.05, 0) is 35.4 Å². The van der Waals surface area contributed by atoms with Gasteiger partial charge in [0.25, 0.3) is 0 Å². The van der Waals surface area contributed by atoms with E-state index in [4.69, 9.17) is 0 Å². The van der Waals surface area contributed by atoms with Crippen LogP contribution in [0.4, 0.5) is 8.78 Å². The highest BCUT2D eigenvalue weighted by Crippen LogP contribution is 2.30. The number of hydrogen-bond donors (Lipinski definition) is 0. The molecule has 23 heavy (non-hydrogen) atoms. The molecule has 2 aromatic carbocycles. The normalized spacial score (nSPS) is 10.7. The van der Waals surface area contributed by atoms with E-state index in [1.807, 2.05) is 30.3 Å². The fourth-order valence-corrected chi connectivity index (χ4v) is 3.52. The van der Waals surface area contributed by atoms with E-state index in [9.17, 15) is 13.6 Å². The van der Waals surface area contributed by atoms with Crippen LogP contribution in [0.3, 0.4) is 0 Å². The minimum Gasteiger partial charge on any atom is -0.288 e. The van der Waals surface area contributed by atoms with Crippen LogP contribution in [0.5, 0.6) is 0 Å². The first kappa shape index (κ1) is 16.0. The fraction of sp³-hybridized carbons (Fsp3) is 0.0556. The Bertz CT molecular complexity index is 856. The number of alkyl halides is 1. The van der Waals surface area contributed by atoms with Crippen molar-refractivity contribution in [2.45, 2.75) is 5.33 Å². The predicted molar refractivity (Wildman–Crippen MR) is 92.2 cm³/mol. The van der Waals surface area contributed by atoms with Crippen LogP contribution in [-0.2, 0) is 5.33 Å². The van der Waals surface area contributed by atoms with Crippen molar-refractivity contribution in [1.82, 2.24) is 0 Å². The van der Waals surface area contributed by atoms with Crippen LogP contribution < -0.4 is 0 Å². The zero-order valence-corrected chi connectivity index (χ0v) is 14.3. The molecule has 1 nitrogen and oxygen atoms in total.